The van der Waals surface area contributed by atoms with Crippen LogP contribution in [0.3, 0.4) is 0 Å². The SMILES string of the molecule is CN1CCC(Oc2ncnc3ccc(C4=CCNc5nc(Nc6cccc(N7CCN(C)CC7)c6)ccc54)cc23)CC1. The maximum atomic E-state index is 6.42. The van der Waals surface area contributed by atoms with Crippen molar-refractivity contribution in [2.45, 2.75) is 18.9 Å². The molecule has 2 saturated heterocycles. The number of likely N-dealkylation sites (N-methyl/N-ethyl adjacent to an activating group) is 1. The van der Waals surface area contributed by atoms with Crippen LogP contribution in [-0.2, 0) is 0 Å². The summed E-state index contributed by atoms with van der Waals surface area (Å²) in [5.74, 6) is 2.36. The minimum Gasteiger partial charge on any atom is -0.474 e. The van der Waals surface area contributed by atoms with Crippen molar-refractivity contribution in [2.75, 3.05) is 75.4 Å². The average Bonchev–Trinajstić information content (AvgIpc) is 3.02. The lowest BCUT2D eigenvalue weighted by atomic mass is 9.95. The van der Waals surface area contributed by atoms with E-state index in [4.69, 9.17) is 9.72 Å². The van der Waals surface area contributed by atoms with Gasteiger partial charge in [-0.2, -0.15) is 0 Å². The molecule has 2 fully saturated rings. The first-order valence-electron chi connectivity index (χ1n) is 15.0. The molecule has 0 saturated carbocycles. The fourth-order valence-corrected chi connectivity index (χ4v) is 6.06. The third-order valence-electron chi connectivity index (χ3n) is 8.60. The lowest BCUT2D eigenvalue weighted by Crippen LogP contribution is -2.44. The molecule has 9 heteroatoms. The van der Waals surface area contributed by atoms with Gasteiger partial charge < -0.3 is 30.1 Å². The highest BCUT2D eigenvalue weighted by Crippen LogP contribution is 2.35. The van der Waals surface area contributed by atoms with Crippen LogP contribution >= 0.6 is 0 Å². The second kappa shape index (κ2) is 11.6. The summed E-state index contributed by atoms with van der Waals surface area (Å²) in [6.07, 6.45) is 6.02. The van der Waals surface area contributed by atoms with Crippen molar-refractivity contribution >= 4 is 39.5 Å². The number of benzene rings is 2. The number of nitrogens with zero attached hydrogens (tertiary/aromatic N) is 6. The molecule has 0 atom stereocenters. The Kier molecular flexibility index (Phi) is 7.36. The molecule has 0 spiro atoms. The molecule has 42 heavy (non-hydrogen) atoms. The van der Waals surface area contributed by atoms with Gasteiger partial charge in [0.15, 0.2) is 0 Å². The van der Waals surface area contributed by atoms with E-state index in [1.165, 1.54) is 5.69 Å². The number of piperidine rings is 1. The van der Waals surface area contributed by atoms with Gasteiger partial charge in [0.05, 0.1) is 10.9 Å². The molecule has 3 aliphatic rings. The first kappa shape index (κ1) is 26.7. The molecule has 4 aromatic rings. The summed E-state index contributed by atoms with van der Waals surface area (Å²) in [5.41, 5.74) is 6.51. The number of fused-ring (bicyclic) bond motifs is 2. The summed E-state index contributed by atoms with van der Waals surface area (Å²) in [4.78, 5) is 21.2. The molecule has 2 aromatic carbocycles. The average molecular weight is 563 g/mol. The molecule has 5 heterocycles. The van der Waals surface area contributed by atoms with E-state index in [1.54, 1.807) is 6.33 Å². The van der Waals surface area contributed by atoms with E-state index in [1.807, 2.05) is 0 Å². The number of anilines is 4. The van der Waals surface area contributed by atoms with Gasteiger partial charge in [-0.05, 0) is 80.5 Å². The molecule has 216 valence electrons. The summed E-state index contributed by atoms with van der Waals surface area (Å²) >= 11 is 0. The van der Waals surface area contributed by atoms with Crippen LogP contribution in [0, 0.1) is 0 Å². The van der Waals surface area contributed by atoms with Gasteiger partial charge in [0, 0.05) is 62.8 Å². The van der Waals surface area contributed by atoms with Gasteiger partial charge in [-0.1, -0.05) is 18.2 Å². The number of hydrogen-bond acceptors (Lipinski definition) is 9. The van der Waals surface area contributed by atoms with E-state index in [0.29, 0.717) is 12.4 Å². The van der Waals surface area contributed by atoms with Crippen LogP contribution in [0.1, 0.15) is 24.0 Å². The van der Waals surface area contributed by atoms with Crippen LogP contribution in [0.5, 0.6) is 5.88 Å². The normalized spacial score (nSPS) is 18.3. The smallest absolute Gasteiger partial charge is 0.224 e. The van der Waals surface area contributed by atoms with Crippen molar-refractivity contribution in [1.82, 2.24) is 24.8 Å². The molecule has 9 nitrogen and oxygen atoms in total. The number of nitrogens with one attached hydrogen (secondary N) is 2. The minimum atomic E-state index is 0.180. The van der Waals surface area contributed by atoms with E-state index in [2.05, 4.69) is 110 Å². The largest absolute Gasteiger partial charge is 0.474 e. The third kappa shape index (κ3) is 5.62. The van der Waals surface area contributed by atoms with E-state index in [0.717, 1.165) is 97.0 Å². The fraction of sp³-hybridized carbons (Fsp3) is 0.364. The van der Waals surface area contributed by atoms with Crippen molar-refractivity contribution in [2.24, 2.45) is 0 Å². The van der Waals surface area contributed by atoms with Crippen molar-refractivity contribution in [3.8, 4) is 5.88 Å². The lowest BCUT2D eigenvalue weighted by Gasteiger charge is -2.34. The molecule has 2 N–H and O–H groups in total. The van der Waals surface area contributed by atoms with E-state index in [9.17, 15) is 0 Å². The number of piperazine rings is 1. The Balaban J connectivity index is 1.11. The molecular formula is C33H38N8O. The molecule has 0 radical (unpaired) electrons. The van der Waals surface area contributed by atoms with Crippen LogP contribution < -0.4 is 20.3 Å². The topological polar surface area (TPSA) is 81.7 Å². The maximum Gasteiger partial charge on any atom is 0.224 e. The maximum absolute atomic E-state index is 6.42. The van der Waals surface area contributed by atoms with Crippen LogP contribution in [-0.4, -0.2) is 90.8 Å². The van der Waals surface area contributed by atoms with Crippen LogP contribution in [0.2, 0.25) is 0 Å². The third-order valence-corrected chi connectivity index (χ3v) is 8.60. The summed E-state index contributed by atoms with van der Waals surface area (Å²) in [6.45, 7) is 7.05. The zero-order chi connectivity index (χ0) is 28.5. The number of aromatic nitrogens is 3. The summed E-state index contributed by atoms with van der Waals surface area (Å²) < 4.78 is 6.42. The van der Waals surface area contributed by atoms with E-state index in [-0.39, 0.29) is 6.10 Å². The van der Waals surface area contributed by atoms with Crippen LogP contribution in [0.15, 0.2) is 67.0 Å². The Morgan fingerprint density at radius 3 is 2.57 bits per heavy atom. The van der Waals surface area contributed by atoms with Gasteiger partial charge in [0.25, 0.3) is 0 Å². The van der Waals surface area contributed by atoms with Gasteiger partial charge in [-0.15, -0.1) is 0 Å². The lowest BCUT2D eigenvalue weighted by molar-refractivity contribution is 0.111. The Hall–Kier alpha value is -4.21. The molecule has 3 aliphatic heterocycles. The Labute approximate surface area is 247 Å². The molecule has 7 rings (SSSR count). The van der Waals surface area contributed by atoms with Gasteiger partial charge in [-0.25, -0.2) is 15.0 Å². The highest BCUT2D eigenvalue weighted by atomic mass is 16.5. The second-order valence-electron chi connectivity index (χ2n) is 11.6. The van der Waals surface area contributed by atoms with Crippen molar-refractivity contribution in [3.05, 3.63) is 78.1 Å². The highest BCUT2D eigenvalue weighted by Gasteiger charge is 2.21. The standard InChI is InChI=1S/C33H38N8O/c1-39-14-11-26(12-15-39)42-33-29-20-23(6-8-30(29)35-22-36-33)27-10-13-34-32-28(27)7-9-31(38-32)37-24-4-3-5-25(21-24)41-18-16-40(2)17-19-41/h3-10,20-22,26H,11-19H2,1-2H3,(H2,34,37,38). The van der Waals surface area contributed by atoms with Crippen molar-refractivity contribution in [1.29, 1.82) is 0 Å². The molecule has 0 bridgehead atoms. The quantitative estimate of drug-likeness (QED) is 0.343. The molecule has 0 amide bonds. The number of likely N-dealkylation sites (tertiary alicyclic amines) is 1. The first-order valence-corrected chi connectivity index (χ1v) is 15.0. The summed E-state index contributed by atoms with van der Waals surface area (Å²) in [5, 5.41) is 7.94. The van der Waals surface area contributed by atoms with E-state index >= 15 is 0 Å². The van der Waals surface area contributed by atoms with Gasteiger partial charge in [0.2, 0.25) is 5.88 Å². The van der Waals surface area contributed by atoms with E-state index < -0.39 is 0 Å². The first-order chi connectivity index (χ1) is 20.6. The van der Waals surface area contributed by atoms with Crippen LogP contribution in [0.4, 0.5) is 23.0 Å². The molecule has 0 aliphatic carbocycles. The Bertz CT molecular complexity index is 1610. The fourth-order valence-electron chi connectivity index (χ4n) is 6.06. The molecule has 2 aromatic heterocycles. The molecule has 0 unspecified atom stereocenters. The number of ether oxygens (including phenoxy) is 1. The number of hydrogen-bond donors (Lipinski definition) is 2. The Morgan fingerprint density at radius 1 is 0.881 bits per heavy atom. The zero-order valence-corrected chi connectivity index (χ0v) is 24.4. The highest BCUT2D eigenvalue weighted by molar-refractivity contribution is 5.93. The summed E-state index contributed by atoms with van der Waals surface area (Å²) in [7, 11) is 4.34. The predicted molar refractivity (Wildman–Crippen MR) is 170 cm³/mol. The van der Waals surface area contributed by atoms with Crippen molar-refractivity contribution < 1.29 is 4.74 Å². The number of pyridine rings is 1. The monoisotopic (exact) mass is 562 g/mol. The number of rotatable bonds is 6. The molecular weight excluding hydrogens is 524 g/mol. The summed E-state index contributed by atoms with van der Waals surface area (Å²) in [6, 6.07) is 19.2. The Morgan fingerprint density at radius 2 is 1.71 bits per heavy atom. The van der Waals surface area contributed by atoms with Gasteiger partial charge in [-0.3, -0.25) is 0 Å². The van der Waals surface area contributed by atoms with Crippen LogP contribution in [0.25, 0.3) is 16.5 Å². The van der Waals surface area contributed by atoms with Crippen molar-refractivity contribution in [3.63, 3.8) is 0 Å². The van der Waals surface area contributed by atoms with Gasteiger partial charge in [0.1, 0.15) is 24.1 Å². The predicted octanol–water partition coefficient (Wildman–Crippen LogP) is 4.85. The second-order valence-corrected chi connectivity index (χ2v) is 11.6. The van der Waals surface area contributed by atoms with Gasteiger partial charge >= 0.3 is 0 Å². The minimum absolute atomic E-state index is 0.180. The zero-order valence-electron chi connectivity index (χ0n) is 24.4.